The number of ether oxygens (including phenoxy) is 3. The van der Waals surface area contributed by atoms with Crippen molar-refractivity contribution < 1.29 is 31.9 Å². The number of fused-ring (bicyclic) bond motifs is 8. The van der Waals surface area contributed by atoms with E-state index in [4.69, 9.17) is 27.5 Å². The molecule has 0 amide bonds. The van der Waals surface area contributed by atoms with Gasteiger partial charge in [-0.1, -0.05) is 92.7 Å². The molecule has 1 atom stereocenters. The molecule has 7 rings (SSSR count). The van der Waals surface area contributed by atoms with Crippen LogP contribution in [0.15, 0.2) is 103 Å². The summed E-state index contributed by atoms with van der Waals surface area (Å²) in [5, 5.41) is 2.20. The molecular weight excluding hydrogens is 780 g/mol. The van der Waals surface area contributed by atoms with E-state index in [-0.39, 0.29) is 11.2 Å². The lowest BCUT2D eigenvalue weighted by Crippen LogP contribution is -2.57. The maximum Gasteiger partial charge on any atom is 0.502 e. The summed E-state index contributed by atoms with van der Waals surface area (Å²) in [6.07, 6.45) is 5.03. The third-order valence-corrected chi connectivity index (χ3v) is 14.9. The van der Waals surface area contributed by atoms with Crippen LogP contribution in [0, 0.1) is 5.82 Å². The van der Waals surface area contributed by atoms with Gasteiger partial charge in [0, 0.05) is 33.5 Å². The number of hydrogen-bond acceptors (Lipinski definition) is 6. The fourth-order valence-corrected chi connectivity index (χ4v) is 13.1. The molecule has 324 valence electrons. The van der Waals surface area contributed by atoms with Crippen molar-refractivity contribution in [1.29, 1.82) is 0 Å². The predicted octanol–water partition coefficient (Wildman–Crippen LogP) is 13.6. The van der Waals surface area contributed by atoms with Crippen LogP contribution in [0.1, 0.15) is 124 Å². The van der Waals surface area contributed by atoms with E-state index in [9.17, 15) is 4.39 Å². The lowest BCUT2D eigenvalue weighted by atomic mass is 9.77. The molecule has 0 saturated heterocycles. The van der Waals surface area contributed by atoms with Crippen LogP contribution in [0.25, 0.3) is 28.0 Å². The van der Waals surface area contributed by atoms with Crippen LogP contribution < -0.4 is 9.47 Å². The van der Waals surface area contributed by atoms with Crippen molar-refractivity contribution in [2.45, 2.75) is 136 Å². The normalized spacial score (nSPS) is 17.5. The maximum absolute atomic E-state index is 14.4. The minimum absolute atomic E-state index is 0.240. The fraction of sp³-hybridized carbons (Fsp3) is 0.434. The predicted molar refractivity (Wildman–Crippen MR) is 248 cm³/mol. The standard InChI is InChI=1S/C53H65FO6Si/c1-48(2,3)58-61(59-49(4,5)6,60-50(7,8)9)35-32-51(10,11)56-34-33-55-39-28-24-37(25-29-39)53(36-22-26-38(54)27-23-36)31-30-43-46-45(40-18-14-15-19-41(40)47(43)57-53)42-20-16-17-21-44(42)52(46,12)13/h14-31H,32-35H2,1-13H3. The molecule has 1 aliphatic heterocycles. The molecule has 0 N–H and O–H groups in total. The van der Waals surface area contributed by atoms with Crippen molar-refractivity contribution in [1.82, 2.24) is 0 Å². The minimum Gasteiger partial charge on any atom is -0.491 e. The lowest BCUT2D eigenvalue weighted by Gasteiger charge is -2.44. The average Bonchev–Trinajstić information content (AvgIpc) is 3.41. The zero-order chi connectivity index (χ0) is 44.2. The van der Waals surface area contributed by atoms with Crippen molar-refractivity contribution in [3.63, 3.8) is 0 Å². The average molecular weight is 845 g/mol. The molecule has 0 fully saturated rings. The molecule has 5 aromatic rings. The molecule has 0 aromatic heterocycles. The Labute approximate surface area is 364 Å². The van der Waals surface area contributed by atoms with Gasteiger partial charge in [0.1, 0.15) is 23.9 Å². The molecule has 5 aromatic carbocycles. The summed E-state index contributed by atoms with van der Waals surface area (Å²) in [6.45, 7) is 28.0. The van der Waals surface area contributed by atoms with Gasteiger partial charge < -0.3 is 27.5 Å². The van der Waals surface area contributed by atoms with E-state index in [1.807, 2.05) is 98.7 Å². The first kappa shape index (κ1) is 44.7. The van der Waals surface area contributed by atoms with Crippen molar-refractivity contribution >= 4 is 25.7 Å². The Morgan fingerprint density at radius 1 is 0.639 bits per heavy atom. The highest BCUT2D eigenvalue weighted by Gasteiger charge is 2.51. The molecule has 0 radical (unpaired) electrons. The van der Waals surface area contributed by atoms with Gasteiger partial charge in [-0.15, -0.1) is 0 Å². The van der Waals surface area contributed by atoms with Crippen molar-refractivity contribution in [3.8, 4) is 22.6 Å². The van der Waals surface area contributed by atoms with E-state index in [1.165, 1.54) is 34.4 Å². The van der Waals surface area contributed by atoms with Gasteiger partial charge in [0.15, 0.2) is 5.60 Å². The Morgan fingerprint density at radius 3 is 1.77 bits per heavy atom. The number of benzene rings is 5. The van der Waals surface area contributed by atoms with Gasteiger partial charge in [-0.3, -0.25) is 0 Å². The monoisotopic (exact) mass is 844 g/mol. The largest absolute Gasteiger partial charge is 0.502 e. The van der Waals surface area contributed by atoms with Crippen molar-refractivity contribution in [3.05, 3.63) is 137 Å². The second kappa shape index (κ2) is 16.1. The summed E-state index contributed by atoms with van der Waals surface area (Å²) < 4.78 is 54.6. The lowest BCUT2D eigenvalue weighted by molar-refractivity contribution is -0.0823. The van der Waals surface area contributed by atoms with Gasteiger partial charge in [-0.2, -0.15) is 0 Å². The van der Waals surface area contributed by atoms with E-state index in [1.54, 1.807) is 0 Å². The highest BCUT2D eigenvalue weighted by molar-refractivity contribution is 6.61. The van der Waals surface area contributed by atoms with Crippen LogP contribution in [0.4, 0.5) is 4.39 Å². The molecule has 8 heteroatoms. The molecule has 61 heavy (non-hydrogen) atoms. The Bertz CT molecular complexity index is 2360. The van der Waals surface area contributed by atoms with E-state index < -0.39 is 36.8 Å². The van der Waals surface area contributed by atoms with Crippen molar-refractivity contribution in [2.24, 2.45) is 0 Å². The van der Waals surface area contributed by atoms with Gasteiger partial charge in [-0.25, -0.2) is 4.39 Å². The number of hydrogen-bond donors (Lipinski definition) is 0. The fourth-order valence-electron chi connectivity index (χ4n) is 8.99. The van der Waals surface area contributed by atoms with Crippen LogP contribution in [0.5, 0.6) is 11.5 Å². The molecule has 2 aliphatic rings. The van der Waals surface area contributed by atoms with Crippen LogP contribution in [0.2, 0.25) is 6.04 Å². The smallest absolute Gasteiger partial charge is 0.491 e. The Kier molecular flexibility index (Phi) is 11.8. The summed E-state index contributed by atoms with van der Waals surface area (Å²) in [5.41, 5.74) is 4.81. The van der Waals surface area contributed by atoms with Crippen LogP contribution >= 0.6 is 0 Å². The SMILES string of the molecule is CC(C)(C)O[Si](CCC(C)(C)OCCOc1ccc(C2(c3ccc(F)cc3)C=Cc3c4c(c5ccccc5c3O2)-c2ccccc2C4(C)C)cc1)(OC(C)(C)C)OC(C)(C)C. The molecule has 0 bridgehead atoms. The molecule has 1 heterocycles. The molecule has 0 saturated carbocycles. The van der Waals surface area contributed by atoms with Crippen LogP contribution in [-0.4, -0.2) is 44.4 Å². The van der Waals surface area contributed by atoms with Crippen LogP contribution in [0.3, 0.4) is 0 Å². The highest BCUT2D eigenvalue weighted by Crippen LogP contribution is 2.58. The summed E-state index contributed by atoms with van der Waals surface area (Å²) in [5.74, 6) is 1.23. The van der Waals surface area contributed by atoms with Gasteiger partial charge in [-0.05, 0) is 141 Å². The molecule has 1 aliphatic carbocycles. The summed E-state index contributed by atoms with van der Waals surface area (Å²) in [7, 11) is -3.17. The zero-order valence-electron chi connectivity index (χ0n) is 38.5. The van der Waals surface area contributed by atoms with E-state index in [2.05, 4.69) is 88.4 Å². The summed E-state index contributed by atoms with van der Waals surface area (Å²) in [6, 6.07) is 32.5. The highest BCUT2D eigenvalue weighted by atomic mass is 28.4. The third kappa shape index (κ3) is 9.54. The Balaban J connectivity index is 1.11. The molecule has 0 spiro atoms. The van der Waals surface area contributed by atoms with Gasteiger partial charge >= 0.3 is 8.80 Å². The Morgan fingerprint density at radius 2 is 1.18 bits per heavy atom. The Hall–Kier alpha value is -4.31. The molecule has 6 nitrogen and oxygen atoms in total. The maximum atomic E-state index is 14.4. The molecular formula is C53H65FO6Si. The van der Waals surface area contributed by atoms with E-state index >= 15 is 0 Å². The quantitative estimate of drug-likeness (QED) is 0.0869. The minimum atomic E-state index is -3.17. The number of rotatable bonds is 13. The first-order valence-corrected chi connectivity index (χ1v) is 23.7. The van der Waals surface area contributed by atoms with Gasteiger partial charge in [0.05, 0.1) is 29.0 Å². The van der Waals surface area contributed by atoms with Gasteiger partial charge in [0.25, 0.3) is 0 Å². The topological polar surface area (TPSA) is 55.4 Å². The second-order valence-corrected chi connectivity index (χ2v) is 23.2. The second-order valence-electron chi connectivity index (χ2n) is 20.7. The zero-order valence-corrected chi connectivity index (χ0v) is 39.5. The molecule has 1 unspecified atom stereocenters. The summed E-state index contributed by atoms with van der Waals surface area (Å²) in [4.78, 5) is 0. The summed E-state index contributed by atoms with van der Waals surface area (Å²) >= 11 is 0. The van der Waals surface area contributed by atoms with E-state index in [0.29, 0.717) is 31.4 Å². The first-order valence-electron chi connectivity index (χ1n) is 21.7. The van der Waals surface area contributed by atoms with Crippen LogP contribution in [-0.2, 0) is 29.0 Å². The third-order valence-electron chi connectivity index (χ3n) is 11.3. The van der Waals surface area contributed by atoms with Crippen molar-refractivity contribution in [2.75, 3.05) is 13.2 Å². The van der Waals surface area contributed by atoms with E-state index in [0.717, 1.165) is 33.2 Å². The number of halogens is 1. The van der Waals surface area contributed by atoms with Gasteiger partial charge in [0.2, 0.25) is 0 Å². The first-order chi connectivity index (χ1) is 28.4.